The van der Waals surface area contributed by atoms with Crippen LogP contribution in [-0.2, 0) is 22.6 Å². The third-order valence-corrected chi connectivity index (χ3v) is 3.02. The summed E-state index contributed by atoms with van der Waals surface area (Å²) < 4.78 is 13.0. The maximum Gasteiger partial charge on any atom is 0.224 e. The second-order valence-electron chi connectivity index (χ2n) is 4.96. The minimum Gasteiger partial charge on any atom is -0.352 e. The highest BCUT2D eigenvalue weighted by Crippen LogP contribution is 2.09. The van der Waals surface area contributed by atoms with E-state index >= 15 is 0 Å². The Labute approximate surface area is 128 Å². The average Bonchev–Trinajstić information content (AvgIpc) is 2.46. The van der Waals surface area contributed by atoms with Crippen molar-refractivity contribution >= 4 is 17.5 Å². The highest BCUT2D eigenvalue weighted by Gasteiger charge is 2.04. The number of anilines is 1. The first-order chi connectivity index (χ1) is 10.5. The topological polar surface area (TPSA) is 58.2 Å². The van der Waals surface area contributed by atoms with Gasteiger partial charge in [-0.2, -0.15) is 0 Å². The van der Waals surface area contributed by atoms with Gasteiger partial charge < -0.3 is 10.6 Å². The smallest absolute Gasteiger partial charge is 0.224 e. The maximum atomic E-state index is 13.0. The number of carbonyl (C=O) groups excluding carboxylic acids is 2. The zero-order chi connectivity index (χ0) is 15.9. The number of carbonyl (C=O) groups is 2. The van der Waals surface area contributed by atoms with Crippen LogP contribution in [0.15, 0.2) is 48.5 Å². The molecule has 0 bridgehead atoms. The van der Waals surface area contributed by atoms with Crippen molar-refractivity contribution in [1.82, 2.24) is 5.32 Å². The van der Waals surface area contributed by atoms with Gasteiger partial charge >= 0.3 is 0 Å². The molecule has 2 aromatic carbocycles. The van der Waals surface area contributed by atoms with Gasteiger partial charge in [-0.25, -0.2) is 4.39 Å². The van der Waals surface area contributed by atoms with Gasteiger partial charge in [-0.05, 0) is 35.4 Å². The molecule has 0 saturated heterocycles. The lowest BCUT2D eigenvalue weighted by molar-refractivity contribution is -0.120. The van der Waals surface area contributed by atoms with Crippen LogP contribution < -0.4 is 10.6 Å². The number of nitrogens with one attached hydrogen (secondary N) is 2. The molecule has 0 aliphatic carbocycles. The standard InChI is InChI=1S/C17H17FN2O2/c1-12(21)20-16-7-5-13(6-8-16)11-19-17(22)10-14-3-2-4-15(18)9-14/h2-9H,10-11H2,1H3,(H,19,22)(H,20,21). The first kappa shape index (κ1) is 15.7. The van der Waals surface area contributed by atoms with Crippen molar-refractivity contribution < 1.29 is 14.0 Å². The van der Waals surface area contributed by atoms with Crippen LogP contribution in [-0.4, -0.2) is 11.8 Å². The summed E-state index contributed by atoms with van der Waals surface area (Å²) in [5.41, 5.74) is 2.27. The first-order valence-electron chi connectivity index (χ1n) is 6.90. The Kier molecular flexibility index (Phi) is 5.25. The molecule has 0 spiro atoms. The van der Waals surface area contributed by atoms with Crippen molar-refractivity contribution in [2.24, 2.45) is 0 Å². The van der Waals surface area contributed by atoms with E-state index in [4.69, 9.17) is 0 Å². The average molecular weight is 300 g/mol. The number of hydrogen-bond acceptors (Lipinski definition) is 2. The molecule has 0 fully saturated rings. The molecule has 0 aromatic heterocycles. The van der Waals surface area contributed by atoms with Crippen molar-refractivity contribution in [3.05, 3.63) is 65.5 Å². The molecule has 22 heavy (non-hydrogen) atoms. The van der Waals surface area contributed by atoms with Crippen LogP contribution >= 0.6 is 0 Å². The van der Waals surface area contributed by atoms with E-state index < -0.39 is 0 Å². The summed E-state index contributed by atoms with van der Waals surface area (Å²) in [6.45, 7) is 1.83. The summed E-state index contributed by atoms with van der Waals surface area (Å²) in [6, 6.07) is 13.2. The van der Waals surface area contributed by atoms with E-state index in [1.54, 1.807) is 24.3 Å². The van der Waals surface area contributed by atoms with Gasteiger partial charge in [-0.3, -0.25) is 9.59 Å². The Morgan fingerprint density at radius 1 is 1.05 bits per heavy atom. The molecule has 0 aliphatic heterocycles. The van der Waals surface area contributed by atoms with Crippen LogP contribution in [0.4, 0.5) is 10.1 Å². The second kappa shape index (κ2) is 7.36. The number of rotatable bonds is 5. The van der Waals surface area contributed by atoms with E-state index in [1.165, 1.54) is 19.1 Å². The second-order valence-corrected chi connectivity index (χ2v) is 4.96. The van der Waals surface area contributed by atoms with Gasteiger partial charge in [0.25, 0.3) is 0 Å². The van der Waals surface area contributed by atoms with Gasteiger partial charge in [0.05, 0.1) is 6.42 Å². The molecule has 0 saturated carbocycles. The van der Waals surface area contributed by atoms with E-state index in [1.807, 2.05) is 12.1 Å². The quantitative estimate of drug-likeness (QED) is 0.892. The van der Waals surface area contributed by atoms with Gasteiger partial charge in [0.15, 0.2) is 0 Å². The summed E-state index contributed by atoms with van der Waals surface area (Å²) in [5.74, 6) is -0.647. The summed E-state index contributed by atoms with van der Waals surface area (Å²) >= 11 is 0. The molecule has 5 heteroatoms. The molecule has 0 heterocycles. The van der Waals surface area contributed by atoms with Gasteiger partial charge in [0.2, 0.25) is 11.8 Å². The molecule has 2 aromatic rings. The predicted octanol–water partition coefficient (Wildman–Crippen LogP) is 2.64. The lowest BCUT2D eigenvalue weighted by atomic mass is 10.1. The van der Waals surface area contributed by atoms with Crippen LogP contribution in [0, 0.1) is 5.82 Å². The minimum atomic E-state index is -0.348. The number of halogens is 1. The van der Waals surface area contributed by atoms with Crippen molar-refractivity contribution in [2.75, 3.05) is 5.32 Å². The van der Waals surface area contributed by atoms with Crippen LogP contribution in [0.1, 0.15) is 18.1 Å². The molecule has 2 rings (SSSR count). The van der Waals surface area contributed by atoms with E-state index in [-0.39, 0.29) is 24.1 Å². The lowest BCUT2D eigenvalue weighted by Gasteiger charge is -2.07. The molecule has 2 amide bonds. The number of benzene rings is 2. The van der Waals surface area contributed by atoms with Gasteiger partial charge in [-0.1, -0.05) is 24.3 Å². The van der Waals surface area contributed by atoms with Crippen LogP contribution in [0.3, 0.4) is 0 Å². The predicted molar refractivity (Wildman–Crippen MR) is 82.7 cm³/mol. The van der Waals surface area contributed by atoms with Crippen LogP contribution in [0.25, 0.3) is 0 Å². The van der Waals surface area contributed by atoms with Crippen molar-refractivity contribution in [3.8, 4) is 0 Å². The third-order valence-electron chi connectivity index (χ3n) is 3.02. The molecule has 0 aliphatic rings. The van der Waals surface area contributed by atoms with E-state index in [0.29, 0.717) is 17.8 Å². The lowest BCUT2D eigenvalue weighted by Crippen LogP contribution is -2.24. The zero-order valence-corrected chi connectivity index (χ0v) is 12.2. The molecule has 4 nitrogen and oxygen atoms in total. The van der Waals surface area contributed by atoms with Crippen molar-refractivity contribution in [3.63, 3.8) is 0 Å². The molecule has 2 N–H and O–H groups in total. The monoisotopic (exact) mass is 300 g/mol. The highest BCUT2D eigenvalue weighted by molar-refractivity contribution is 5.88. The third kappa shape index (κ3) is 5.01. The number of hydrogen-bond donors (Lipinski definition) is 2. The van der Waals surface area contributed by atoms with E-state index in [9.17, 15) is 14.0 Å². The Morgan fingerprint density at radius 2 is 1.77 bits per heavy atom. The van der Waals surface area contributed by atoms with E-state index in [2.05, 4.69) is 10.6 Å². The molecule has 0 unspecified atom stereocenters. The Bertz CT molecular complexity index is 669. The normalized spacial score (nSPS) is 10.1. The Balaban J connectivity index is 1.84. The van der Waals surface area contributed by atoms with Crippen LogP contribution in [0.5, 0.6) is 0 Å². The summed E-state index contributed by atoms with van der Waals surface area (Å²) in [5, 5.41) is 5.45. The summed E-state index contributed by atoms with van der Waals surface area (Å²) in [7, 11) is 0. The molecule has 0 atom stereocenters. The highest BCUT2D eigenvalue weighted by atomic mass is 19.1. The maximum absolute atomic E-state index is 13.0. The molecular weight excluding hydrogens is 283 g/mol. The fourth-order valence-corrected chi connectivity index (χ4v) is 2.00. The fraction of sp³-hybridized carbons (Fsp3) is 0.176. The van der Waals surface area contributed by atoms with Gasteiger partial charge in [0.1, 0.15) is 5.82 Å². The molecule has 114 valence electrons. The van der Waals surface area contributed by atoms with E-state index in [0.717, 1.165) is 5.56 Å². The Hall–Kier alpha value is -2.69. The van der Waals surface area contributed by atoms with Crippen molar-refractivity contribution in [2.45, 2.75) is 19.9 Å². The summed E-state index contributed by atoms with van der Waals surface area (Å²) in [6.07, 6.45) is 0.141. The van der Waals surface area contributed by atoms with Crippen LogP contribution in [0.2, 0.25) is 0 Å². The fourth-order valence-electron chi connectivity index (χ4n) is 2.00. The first-order valence-corrected chi connectivity index (χ1v) is 6.90. The summed E-state index contributed by atoms with van der Waals surface area (Å²) in [4.78, 5) is 22.7. The number of amides is 2. The molecular formula is C17H17FN2O2. The van der Waals surface area contributed by atoms with Gasteiger partial charge in [-0.15, -0.1) is 0 Å². The SMILES string of the molecule is CC(=O)Nc1ccc(CNC(=O)Cc2cccc(F)c2)cc1. The zero-order valence-electron chi connectivity index (χ0n) is 12.2. The Morgan fingerprint density at radius 3 is 2.41 bits per heavy atom. The van der Waals surface area contributed by atoms with Gasteiger partial charge in [0, 0.05) is 19.2 Å². The molecule has 0 radical (unpaired) electrons. The largest absolute Gasteiger partial charge is 0.352 e. The van der Waals surface area contributed by atoms with Crippen molar-refractivity contribution in [1.29, 1.82) is 0 Å². The minimum absolute atomic E-state index is 0.129.